The molecule has 0 atom stereocenters. The first kappa shape index (κ1) is 89.7. The molecule has 21 aromatic rings. The molecule has 5 aliphatic heterocycles. The molecule has 0 bridgehead atoms. The number of ether oxygens (including phenoxy) is 1. The SMILES string of the molecule is COC1CCN(Cc2cc(N)n3ncc(-c4cnc5ccccc5c4)c3n2)CC1.Cn1ccc(-c2cnn3c(N)c(Cl)c(N4Cc5[nH]c(=O)[nH]c(=O)c5C4)nc23)c1.Cn1ccc(-c2cnn3c(N)cc(N4Cc5[nH]c(=O)[nH]c(=O)c5C4)nc23)c1.Nc1cc(CN2CCSCC2)nc2c(-c3cnc4ccccc4c3)cnn12.Nc1cc(N2Cc3[nH]c(=O)[nH]c(=O)c3C2)nc2c(-c3cnc4ccccc4c3)cnn12. The number of nitrogen functional groups attached to an aromatic ring is 5. The number of nitrogens with one attached hydrogen (secondary N) is 6. The molecule has 16 N–H and O–H groups in total. The van der Waals surface area contributed by atoms with Crippen LogP contribution in [0.1, 0.15) is 58.0 Å². The molecule has 43 nitrogen and oxygen atoms in total. The summed E-state index contributed by atoms with van der Waals surface area (Å²) in [5.41, 5.74) is 49.1. The Morgan fingerprint density at radius 2 is 0.746 bits per heavy atom. The van der Waals surface area contributed by atoms with Crippen LogP contribution < -0.4 is 77.1 Å². The van der Waals surface area contributed by atoms with Crippen molar-refractivity contribution in [3.05, 3.63) is 314 Å². The number of aromatic nitrogens is 26. The maximum absolute atomic E-state index is 12.1. The number of nitrogens with zero attached hydrogens (tertiary/aromatic N) is 25. The molecule has 0 unspecified atom stereocenters. The Bertz CT molecular complexity index is 8930. The minimum absolute atomic E-state index is 0.238. The summed E-state index contributed by atoms with van der Waals surface area (Å²) in [6.45, 7) is 7.77. The summed E-state index contributed by atoms with van der Waals surface area (Å²) in [7, 11) is 5.67. The van der Waals surface area contributed by atoms with Crippen molar-refractivity contribution in [2.24, 2.45) is 14.1 Å². The lowest BCUT2D eigenvalue weighted by molar-refractivity contribution is 0.0385. The normalized spacial score (nSPS) is 14.3. The van der Waals surface area contributed by atoms with Crippen LogP contribution in [0.15, 0.2) is 231 Å². The lowest BCUT2D eigenvalue weighted by Crippen LogP contribution is -2.36. The summed E-state index contributed by atoms with van der Waals surface area (Å²) < 4.78 is 17.4. The quantitative estimate of drug-likeness (QED) is 0.0514. The molecule has 714 valence electrons. The van der Waals surface area contributed by atoms with Gasteiger partial charge in [-0.15, -0.1) is 0 Å². The van der Waals surface area contributed by atoms with Crippen molar-refractivity contribution < 1.29 is 4.74 Å². The van der Waals surface area contributed by atoms with Crippen LogP contribution in [-0.2, 0) is 71.2 Å². The highest BCUT2D eigenvalue weighted by atomic mass is 35.5. The second-order valence-corrected chi connectivity index (χ2v) is 36.8. The van der Waals surface area contributed by atoms with Gasteiger partial charge in [0.05, 0.1) is 121 Å². The van der Waals surface area contributed by atoms with E-state index in [0.717, 1.165) is 163 Å². The van der Waals surface area contributed by atoms with Crippen LogP contribution in [0.2, 0.25) is 5.02 Å². The number of thioether (sulfide) groups is 1. The molecule has 0 spiro atoms. The Balaban J connectivity index is 0.000000102. The molecule has 23 heterocycles. The zero-order valence-corrected chi connectivity index (χ0v) is 78.2. The number of hydrogen-bond acceptors (Lipinski definition) is 31. The van der Waals surface area contributed by atoms with E-state index in [4.69, 9.17) is 69.9 Å². The highest BCUT2D eigenvalue weighted by molar-refractivity contribution is 7.99. The van der Waals surface area contributed by atoms with Crippen molar-refractivity contribution in [3.8, 4) is 55.6 Å². The van der Waals surface area contributed by atoms with Gasteiger partial charge in [-0.05, 0) is 61.4 Å². The molecule has 3 aromatic carbocycles. The fourth-order valence-corrected chi connectivity index (χ4v) is 19.8. The van der Waals surface area contributed by atoms with Crippen LogP contribution in [-0.4, -0.2) is 188 Å². The van der Waals surface area contributed by atoms with Crippen molar-refractivity contribution >= 4 is 131 Å². The van der Waals surface area contributed by atoms with Gasteiger partial charge >= 0.3 is 17.1 Å². The number of fused-ring (bicyclic) bond motifs is 11. The topological polar surface area (TPSA) is 552 Å². The van der Waals surface area contributed by atoms with Crippen LogP contribution >= 0.6 is 23.4 Å². The number of anilines is 8. The Kier molecular flexibility index (Phi) is 23.4. The van der Waals surface area contributed by atoms with Crippen molar-refractivity contribution in [3.63, 3.8) is 0 Å². The monoisotopic (exact) mass is 1940 g/mol. The number of piperidine rings is 1. The van der Waals surface area contributed by atoms with Gasteiger partial charge in [-0.2, -0.15) is 59.8 Å². The Labute approximate surface area is 811 Å². The lowest BCUT2D eigenvalue weighted by Gasteiger charge is -2.30. The summed E-state index contributed by atoms with van der Waals surface area (Å²) in [5.74, 6) is 6.32. The molecule has 0 amide bonds. The molecule has 18 aromatic heterocycles. The van der Waals surface area contributed by atoms with E-state index in [0.29, 0.717) is 130 Å². The van der Waals surface area contributed by atoms with Crippen LogP contribution in [0.5, 0.6) is 0 Å². The zero-order chi connectivity index (χ0) is 97.4. The fraction of sp³-hybridized carbons (Fsp3) is 0.206. The van der Waals surface area contributed by atoms with Gasteiger partial charge in [-0.1, -0.05) is 66.2 Å². The van der Waals surface area contributed by atoms with E-state index in [1.807, 2.05) is 185 Å². The number of likely N-dealkylation sites (tertiary alicyclic amines) is 1. The standard InChI is InChI=1S/C22H24N6O.C21H16N8O2.C20H20N6S.C17H15ClN8O2.C17H16N8O2/c1-29-18-6-8-27(9-7-18)14-17-11-21(23)28-22(26-17)19(13-25-28)16-10-15-4-2-3-5-20(15)24-12-16;22-17-6-18(28-9-14-16(10-28)25-21(31)27-20(14)30)26-19-13(8-24-29(17)19)12-5-11-3-1-2-4-15(11)23-7-12;21-19-10-16(13-25-5-7-27-8-6-25)24-20-17(12-23-26(19)20)15-9-14-3-1-2-4-18(14)22-11-15;1-24-3-2-8(5-24)9-4-20-26-13(19)12(18)15(22-14(9)26)25-6-10-11(7-25)21-17(28)23-16(10)27;1-23-3-2-9(6-23)10-5-19-25-13(18)4-14(21-15(10)25)24-7-11-12(8-24)20-17(27)22-16(11)26/h2-5,10-13,18H,6-9,14,23H2,1H3;1-8H,9-10,22H2,(H2,25,27,30,31);1-4,9-12H,5-8,13,21H2;2-5H,6-7,19H2,1H3,(H2,21,23,27,28);2-6H,7-8,18H2,1H3,(H2,20,22,26,27). The second-order valence-electron chi connectivity index (χ2n) is 35.2. The number of H-pyrrole nitrogens is 6. The first-order chi connectivity index (χ1) is 69.0. The number of aromatic amines is 6. The summed E-state index contributed by atoms with van der Waals surface area (Å²) in [6, 6.07) is 41.6. The smallest absolute Gasteiger partial charge is 0.325 e. The van der Waals surface area contributed by atoms with Crippen molar-refractivity contribution in [2.45, 2.75) is 71.3 Å². The number of hydrogen-bond donors (Lipinski definition) is 11. The summed E-state index contributed by atoms with van der Waals surface area (Å²) in [4.78, 5) is 134. The summed E-state index contributed by atoms with van der Waals surface area (Å²) >= 11 is 8.48. The number of halogens is 1. The Morgan fingerprint density at radius 1 is 0.394 bits per heavy atom. The molecule has 0 aliphatic carbocycles. The minimum Gasteiger partial charge on any atom is -0.384 e. The first-order valence-corrected chi connectivity index (χ1v) is 47.0. The van der Waals surface area contributed by atoms with E-state index in [-0.39, 0.29) is 28.5 Å². The first-order valence-electron chi connectivity index (χ1n) is 45.5. The highest BCUT2D eigenvalue weighted by Gasteiger charge is 2.32. The van der Waals surface area contributed by atoms with Gasteiger partial charge in [0.2, 0.25) is 0 Å². The van der Waals surface area contributed by atoms with Gasteiger partial charge in [-0.3, -0.25) is 54.1 Å². The predicted octanol–water partition coefficient (Wildman–Crippen LogP) is 8.72. The maximum atomic E-state index is 12.1. The van der Waals surface area contributed by atoms with Crippen molar-refractivity contribution in [2.75, 3.05) is 88.2 Å². The third kappa shape index (κ3) is 17.5. The lowest BCUT2D eigenvalue weighted by atomic mass is 10.1. The third-order valence-corrected chi connectivity index (χ3v) is 27.2. The van der Waals surface area contributed by atoms with Gasteiger partial charge in [0.1, 0.15) is 45.7 Å². The molecule has 26 rings (SSSR count). The zero-order valence-electron chi connectivity index (χ0n) is 76.7. The van der Waals surface area contributed by atoms with Crippen molar-refractivity contribution in [1.82, 2.24) is 137 Å². The van der Waals surface area contributed by atoms with Gasteiger partial charge in [-0.25, -0.2) is 39.3 Å². The number of aryl methyl sites for hydroxylation is 2. The molecule has 0 saturated carbocycles. The average Bonchev–Trinajstić information content (AvgIpc) is 1.63. The summed E-state index contributed by atoms with van der Waals surface area (Å²) in [5, 5.41) is 25.4. The molecule has 5 aliphatic rings. The van der Waals surface area contributed by atoms with E-state index < -0.39 is 22.6 Å². The number of rotatable bonds is 13. The number of nitrogens with two attached hydrogens (primary N) is 5. The molecular formula is C97H91ClN36O7S. The second kappa shape index (κ2) is 37.1. The van der Waals surface area contributed by atoms with E-state index in [1.54, 1.807) is 67.0 Å². The van der Waals surface area contributed by atoms with Gasteiger partial charge in [0.15, 0.2) is 34.1 Å². The van der Waals surface area contributed by atoms with Gasteiger partial charge in [0, 0.05) is 228 Å². The average molecular weight is 1940 g/mol. The Hall–Kier alpha value is -17.5. The van der Waals surface area contributed by atoms with Crippen molar-refractivity contribution in [1.29, 1.82) is 0 Å². The van der Waals surface area contributed by atoms with E-state index in [1.165, 1.54) is 16.0 Å². The van der Waals surface area contributed by atoms with E-state index in [9.17, 15) is 28.8 Å². The molecule has 0 radical (unpaired) electrons. The summed E-state index contributed by atoms with van der Waals surface area (Å²) in [6.07, 6.45) is 24.6. The van der Waals surface area contributed by atoms with Gasteiger partial charge < -0.3 is 72.2 Å². The molecule has 45 heteroatoms. The molecule has 2 saturated heterocycles. The predicted molar refractivity (Wildman–Crippen MR) is 544 cm³/mol. The number of pyridine rings is 3. The largest absolute Gasteiger partial charge is 0.384 e. The molecule has 2 fully saturated rings. The number of methoxy groups -OCH3 is 1. The molecular weight excluding hydrogens is 1850 g/mol. The van der Waals surface area contributed by atoms with E-state index >= 15 is 0 Å². The Morgan fingerprint density at radius 3 is 1.14 bits per heavy atom. The van der Waals surface area contributed by atoms with E-state index in [2.05, 4.69) is 104 Å². The molecule has 142 heavy (non-hydrogen) atoms. The van der Waals surface area contributed by atoms with Crippen LogP contribution in [0.25, 0.3) is 117 Å². The third-order valence-electron chi connectivity index (χ3n) is 25.8. The minimum atomic E-state index is -0.540. The van der Waals surface area contributed by atoms with Gasteiger partial charge in [0.25, 0.3) is 16.7 Å². The highest BCUT2D eigenvalue weighted by Crippen LogP contribution is 2.40. The van der Waals surface area contributed by atoms with Crippen LogP contribution in [0.4, 0.5) is 46.5 Å². The van der Waals surface area contributed by atoms with Crippen LogP contribution in [0, 0.1) is 0 Å². The maximum Gasteiger partial charge on any atom is 0.325 e. The fourth-order valence-electron chi connectivity index (χ4n) is 18.6. The number of benzene rings is 3. The number of para-hydroxylation sites is 3. The van der Waals surface area contributed by atoms with Crippen LogP contribution in [0.3, 0.4) is 0 Å².